The molecule has 0 bridgehead atoms. The highest BCUT2D eigenvalue weighted by Gasteiger charge is 2.50. The van der Waals surface area contributed by atoms with Gasteiger partial charge < -0.3 is 23.8 Å². The van der Waals surface area contributed by atoms with Crippen LogP contribution in [0.5, 0.6) is 23.0 Å². The Kier molecular flexibility index (Phi) is 4.86. The maximum atomic E-state index is 13.3. The number of fused-ring (bicyclic) bond motifs is 1. The molecule has 7 heteroatoms. The van der Waals surface area contributed by atoms with Gasteiger partial charge in [-0.25, -0.2) is 4.39 Å². The van der Waals surface area contributed by atoms with Gasteiger partial charge in [-0.05, 0) is 59.7 Å². The lowest BCUT2D eigenvalue weighted by Crippen LogP contribution is -2.60. The Morgan fingerprint density at radius 3 is 2.42 bits per heavy atom. The molecule has 2 heterocycles. The molecule has 1 saturated heterocycles. The molecule has 0 aromatic heterocycles. The van der Waals surface area contributed by atoms with Gasteiger partial charge in [0.2, 0.25) is 12.9 Å². The monoisotopic (exact) mass is 421 g/mol. The van der Waals surface area contributed by atoms with Gasteiger partial charge in [0.15, 0.2) is 11.5 Å². The van der Waals surface area contributed by atoms with E-state index >= 15 is 0 Å². The third-order valence-corrected chi connectivity index (χ3v) is 5.48. The molecule has 1 fully saturated rings. The number of amides is 1. The number of benzene rings is 3. The molecule has 0 saturated carbocycles. The Morgan fingerprint density at radius 1 is 0.968 bits per heavy atom. The standard InChI is InChI=1S/C24H20FNO5/c1-28-18-7-9-19(10-8-18)31-23-22(16-4-11-20-21(12-16)30-14-29-20)26(24(23)27)13-15-2-5-17(25)6-3-15/h2-12,22-23H,13-14H2,1H3/t22-,23+/m0/s1. The van der Waals surface area contributed by atoms with Crippen LogP contribution in [0, 0.1) is 5.82 Å². The zero-order chi connectivity index (χ0) is 21.4. The van der Waals surface area contributed by atoms with E-state index in [0.29, 0.717) is 29.5 Å². The third-order valence-electron chi connectivity index (χ3n) is 5.48. The van der Waals surface area contributed by atoms with E-state index in [0.717, 1.165) is 11.1 Å². The van der Waals surface area contributed by atoms with Crippen molar-refractivity contribution in [2.24, 2.45) is 0 Å². The summed E-state index contributed by atoms with van der Waals surface area (Å²) in [6, 6.07) is 18.5. The summed E-state index contributed by atoms with van der Waals surface area (Å²) in [4.78, 5) is 14.7. The highest BCUT2D eigenvalue weighted by atomic mass is 19.1. The molecule has 2 atom stereocenters. The van der Waals surface area contributed by atoms with Crippen LogP contribution in [0.2, 0.25) is 0 Å². The minimum Gasteiger partial charge on any atom is -0.497 e. The van der Waals surface area contributed by atoms with Gasteiger partial charge in [0.25, 0.3) is 5.91 Å². The van der Waals surface area contributed by atoms with Crippen LogP contribution in [0.25, 0.3) is 0 Å². The van der Waals surface area contributed by atoms with Gasteiger partial charge in [0, 0.05) is 6.54 Å². The number of methoxy groups -OCH3 is 1. The van der Waals surface area contributed by atoms with Gasteiger partial charge >= 0.3 is 0 Å². The second kappa shape index (κ2) is 7.83. The largest absolute Gasteiger partial charge is 0.497 e. The first-order valence-corrected chi connectivity index (χ1v) is 9.87. The van der Waals surface area contributed by atoms with Crippen LogP contribution in [0.3, 0.4) is 0 Å². The second-order valence-electron chi connectivity index (χ2n) is 7.36. The van der Waals surface area contributed by atoms with Crippen LogP contribution < -0.4 is 18.9 Å². The fraction of sp³-hybridized carbons (Fsp3) is 0.208. The third kappa shape index (κ3) is 3.63. The summed E-state index contributed by atoms with van der Waals surface area (Å²) in [6.07, 6.45) is -0.686. The minimum atomic E-state index is -0.686. The van der Waals surface area contributed by atoms with Crippen molar-refractivity contribution in [3.05, 3.63) is 83.7 Å². The molecule has 31 heavy (non-hydrogen) atoms. The van der Waals surface area contributed by atoms with Crippen molar-refractivity contribution in [2.45, 2.75) is 18.7 Å². The SMILES string of the molecule is COc1ccc(O[C@H]2C(=O)N(Cc3ccc(F)cc3)[C@H]2c2ccc3c(c2)OCO3)cc1. The lowest BCUT2D eigenvalue weighted by atomic mass is 9.89. The Balaban J connectivity index is 1.43. The Bertz CT molecular complexity index is 1100. The molecule has 3 aromatic rings. The van der Waals surface area contributed by atoms with Crippen molar-refractivity contribution in [3.8, 4) is 23.0 Å². The predicted molar refractivity (Wildman–Crippen MR) is 110 cm³/mol. The quantitative estimate of drug-likeness (QED) is 0.561. The molecule has 2 aliphatic rings. The maximum absolute atomic E-state index is 13.3. The predicted octanol–water partition coefficient (Wildman–Crippen LogP) is 4.09. The van der Waals surface area contributed by atoms with Crippen molar-refractivity contribution in [1.82, 2.24) is 4.90 Å². The fourth-order valence-corrected chi connectivity index (χ4v) is 3.85. The van der Waals surface area contributed by atoms with E-state index in [-0.39, 0.29) is 24.6 Å². The smallest absolute Gasteiger partial charge is 0.267 e. The summed E-state index contributed by atoms with van der Waals surface area (Å²) in [5, 5.41) is 0. The molecule has 0 spiro atoms. The van der Waals surface area contributed by atoms with Gasteiger partial charge in [0.1, 0.15) is 23.4 Å². The molecule has 158 valence electrons. The van der Waals surface area contributed by atoms with E-state index in [1.54, 1.807) is 48.4 Å². The molecule has 5 rings (SSSR count). The second-order valence-corrected chi connectivity index (χ2v) is 7.36. The molecule has 0 N–H and O–H groups in total. The Morgan fingerprint density at radius 2 is 1.68 bits per heavy atom. The molecule has 0 unspecified atom stereocenters. The van der Waals surface area contributed by atoms with Crippen LogP contribution in [0.1, 0.15) is 17.2 Å². The summed E-state index contributed by atoms with van der Waals surface area (Å²) in [5.74, 6) is 2.15. The summed E-state index contributed by atoms with van der Waals surface area (Å²) in [7, 11) is 1.59. The maximum Gasteiger partial charge on any atom is 0.267 e. The van der Waals surface area contributed by atoms with E-state index in [1.165, 1.54) is 12.1 Å². The Hall–Kier alpha value is -3.74. The van der Waals surface area contributed by atoms with Crippen LogP contribution in [0.4, 0.5) is 4.39 Å². The number of ether oxygens (including phenoxy) is 4. The number of hydrogen-bond donors (Lipinski definition) is 0. The van der Waals surface area contributed by atoms with E-state index in [1.807, 2.05) is 18.2 Å². The van der Waals surface area contributed by atoms with Crippen molar-refractivity contribution < 1.29 is 28.1 Å². The first-order valence-electron chi connectivity index (χ1n) is 9.87. The van der Waals surface area contributed by atoms with Crippen LogP contribution in [-0.2, 0) is 11.3 Å². The van der Waals surface area contributed by atoms with E-state index in [2.05, 4.69) is 0 Å². The summed E-state index contributed by atoms with van der Waals surface area (Å²) in [5.41, 5.74) is 1.72. The average Bonchev–Trinajstić information content (AvgIpc) is 3.27. The number of hydrogen-bond acceptors (Lipinski definition) is 5. The zero-order valence-corrected chi connectivity index (χ0v) is 16.8. The van der Waals surface area contributed by atoms with Crippen molar-refractivity contribution in [3.63, 3.8) is 0 Å². The van der Waals surface area contributed by atoms with Gasteiger partial charge in [-0.15, -0.1) is 0 Å². The number of carbonyl (C=O) groups is 1. The Labute approximate surface area is 178 Å². The van der Waals surface area contributed by atoms with Crippen molar-refractivity contribution in [1.29, 1.82) is 0 Å². The van der Waals surface area contributed by atoms with Crippen LogP contribution in [0.15, 0.2) is 66.7 Å². The first kappa shape index (κ1) is 19.2. The van der Waals surface area contributed by atoms with E-state index in [9.17, 15) is 9.18 Å². The first-order chi connectivity index (χ1) is 15.1. The number of nitrogens with zero attached hydrogens (tertiary/aromatic N) is 1. The number of halogens is 1. The molecule has 3 aromatic carbocycles. The molecular formula is C24H20FNO5. The summed E-state index contributed by atoms with van der Waals surface area (Å²) < 4.78 is 35.4. The summed E-state index contributed by atoms with van der Waals surface area (Å²) >= 11 is 0. The highest BCUT2D eigenvalue weighted by Crippen LogP contribution is 2.42. The average molecular weight is 421 g/mol. The molecule has 2 aliphatic heterocycles. The minimum absolute atomic E-state index is 0.136. The summed E-state index contributed by atoms with van der Waals surface area (Å²) in [6.45, 7) is 0.522. The van der Waals surface area contributed by atoms with Crippen molar-refractivity contribution >= 4 is 5.91 Å². The highest BCUT2D eigenvalue weighted by molar-refractivity contribution is 5.89. The number of carbonyl (C=O) groups excluding carboxylic acids is 1. The van der Waals surface area contributed by atoms with Gasteiger partial charge in [-0.1, -0.05) is 18.2 Å². The number of rotatable bonds is 6. The molecule has 0 aliphatic carbocycles. The van der Waals surface area contributed by atoms with Crippen molar-refractivity contribution in [2.75, 3.05) is 13.9 Å². The lowest BCUT2D eigenvalue weighted by Gasteiger charge is -2.46. The zero-order valence-electron chi connectivity index (χ0n) is 16.8. The van der Waals surface area contributed by atoms with Gasteiger partial charge in [-0.2, -0.15) is 0 Å². The lowest BCUT2D eigenvalue weighted by molar-refractivity contribution is -0.165. The molecule has 6 nitrogen and oxygen atoms in total. The van der Waals surface area contributed by atoms with E-state index in [4.69, 9.17) is 18.9 Å². The molecular weight excluding hydrogens is 401 g/mol. The molecule has 1 amide bonds. The molecule has 0 radical (unpaired) electrons. The van der Waals surface area contributed by atoms with Gasteiger partial charge in [-0.3, -0.25) is 4.79 Å². The van der Waals surface area contributed by atoms with Crippen LogP contribution in [-0.4, -0.2) is 30.8 Å². The normalized spacial score (nSPS) is 19.2. The van der Waals surface area contributed by atoms with Gasteiger partial charge in [0.05, 0.1) is 7.11 Å². The number of likely N-dealkylation sites (tertiary alicyclic amines) is 1. The fourth-order valence-electron chi connectivity index (χ4n) is 3.85. The van der Waals surface area contributed by atoms with Crippen LogP contribution >= 0.6 is 0 Å². The topological polar surface area (TPSA) is 57.2 Å². The van der Waals surface area contributed by atoms with E-state index < -0.39 is 6.10 Å². The number of β-lactam (4-membered cyclic amide) rings is 1.